The highest BCUT2D eigenvalue weighted by atomic mass is 19.1. The highest BCUT2D eigenvalue weighted by molar-refractivity contribution is 5.97. The number of carbonyl (C=O) groups is 1. The standard InChI is InChI=1S/C14H18F2O3/c1-2-3-6-18-7-8-19-10-14(17)12-5-4-11(15)9-13(12)16/h4-5,9H,2-3,6-8,10H2,1H3. The molecule has 0 saturated carbocycles. The second-order valence-corrected chi connectivity index (χ2v) is 4.07. The van der Waals surface area contributed by atoms with Gasteiger partial charge < -0.3 is 9.47 Å². The Bertz CT molecular complexity index is 408. The van der Waals surface area contributed by atoms with Gasteiger partial charge in [-0.15, -0.1) is 0 Å². The third kappa shape index (κ3) is 5.89. The van der Waals surface area contributed by atoms with E-state index in [4.69, 9.17) is 9.47 Å². The van der Waals surface area contributed by atoms with Gasteiger partial charge in [-0.05, 0) is 18.6 Å². The number of hydrogen-bond acceptors (Lipinski definition) is 3. The molecule has 1 aromatic carbocycles. The quantitative estimate of drug-likeness (QED) is 0.512. The van der Waals surface area contributed by atoms with Gasteiger partial charge in [0, 0.05) is 12.7 Å². The molecule has 1 rings (SSSR count). The number of halogens is 2. The van der Waals surface area contributed by atoms with Crippen LogP contribution in [0.15, 0.2) is 18.2 Å². The third-order valence-electron chi connectivity index (χ3n) is 2.48. The van der Waals surface area contributed by atoms with Crippen LogP contribution in [0.3, 0.4) is 0 Å². The summed E-state index contributed by atoms with van der Waals surface area (Å²) >= 11 is 0. The Balaban J connectivity index is 2.24. The van der Waals surface area contributed by atoms with Gasteiger partial charge in [0.15, 0.2) is 5.78 Å². The lowest BCUT2D eigenvalue weighted by Gasteiger charge is -2.05. The number of ether oxygens (including phenoxy) is 2. The lowest BCUT2D eigenvalue weighted by atomic mass is 10.1. The molecule has 0 atom stereocenters. The summed E-state index contributed by atoms with van der Waals surface area (Å²) in [4.78, 5) is 11.6. The van der Waals surface area contributed by atoms with Crippen molar-refractivity contribution in [3.05, 3.63) is 35.4 Å². The second-order valence-electron chi connectivity index (χ2n) is 4.07. The molecule has 0 heterocycles. The Hall–Kier alpha value is -1.33. The van der Waals surface area contributed by atoms with Gasteiger partial charge in [0.1, 0.15) is 18.2 Å². The van der Waals surface area contributed by atoms with Crippen molar-refractivity contribution < 1.29 is 23.0 Å². The first-order valence-electron chi connectivity index (χ1n) is 6.29. The molecular formula is C14H18F2O3. The van der Waals surface area contributed by atoms with Crippen LogP contribution in [0, 0.1) is 11.6 Å². The Morgan fingerprint density at radius 1 is 1.16 bits per heavy atom. The van der Waals surface area contributed by atoms with E-state index in [1.165, 1.54) is 0 Å². The molecule has 0 radical (unpaired) electrons. The summed E-state index contributed by atoms with van der Waals surface area (Å²) in [6.07, 6.45) is 2.04. The fourth-order valence-corrected chi connectivity index (χ4v) is 1.42. The zero-order valence-corrected chi connectivity index (χ0v) is 11.0. The average Bonchev–Trinajstić information content (AvgIpc) is 2.37. The zero-order valence-electron chi connectivity index (χ0n) is 11.0. The van der Waals surface area contributed by atoms with Crippen LogP contribution in [0.2, 0.25) is 0 Å². The van der Waals surface area contributed by atoms with E-state index in [-0.39, 0.29) is 18.8 Å². The number of benzene rings is 1. The van der Waals surface area contributed by atoms with Gasteiger partial charge in [0.25, 0.3) is 0 Å². The van der Waals surface area contributed by atoms with E-state index in [9.17, 15) is 13.6 Å². The van der Waals surface area contributed by atoms with Crippen molar-refractivity contribution in [2.45, 2.75) is 19.8 Å². The van der Waals surface area contributed by atoms with Crippen LogP contribution in [0.5, 0.6) is 0 Å². The predicted octanol–water partition coefficient (Wildman–Crippen LogP) is 2.98. The zero-order chi connectivity index (χ0) is 14.1. The van der Waals surface area contributed by atoms with E-state index in [0.717, 1.165) is 25.0 Å². The fourth-order valence-electron chi connectivity index (χ4n) is 1.42. The van der Waals surface area contributed by atoms with Crippen LogP contribution < -0.4 is 0 Å². The summed E-state index contributed by atoms with van der Waals surface area (Å²) in [5, 5.41) is 0. The molecular weight excluding hydrogens is 254 g/mol. The van der Waals surface area contributed by atoms with Gasteiger partial charge in [-0.1, -0.05) is 13.3 Å². The number of rotatable bonds is 9. The highest BCUT2D eigenvalue weighted by Crippen LogP contribution is 2.10. The van der Waals surface area contributed by atoms with Gasteiger partial charge in [0.2, 0.25) is 0 Å². The van der Waals surface area contributed by atoms with E-state index in [0.29, 0.717) is 19.3 Å². The average molecular weight is 272 g/mol. The van der Waals surface area contributed by atoms with Gasteiger partial charge in [0.05, 0.1) is 18.8 Å². The van der Waals surface area contributed by atoms with Crippen molar-refractivity contribution in [3.8, 4) is 0 Å². The van der Waals surface area contributed by atoms with E-state index in [2.05, 4.69) is 6.92 Å². The summed E-state index contributed by atoms with van der Waals surface area (Å²) in [6, 6.07) is 2.85. The number of Topliss-reactive ketones (excluding diaryl/α,β-unsaturated/α-hetero) is 1. The minimum Gasteiger partial charge on any atom is -0.379 e. The number of ketones is 1. The smallest absolute Gasteiger partial charge is 0.191 e. The van der Waals surface area contributed by atoms with Gasteiger partial charge in [-0.3, -0.25) is 4.79 Å². The van der Waals surface area contributed by atoms with Crippen LogP contribution in [0.25, 0.3) is 0 Å². The molecule has 0 aliphatic rings. The molecule has 0 aliphatic heterocycles. The molecule has 1 aromatic rings. The summed E-state index contributed by atoms with van der Waals surface area (Å²) in [5.74, 6) is -2.09. The lowest BCUT2D eigenvalue weighted by Crippen LogP contribution is -2.14. The van der Waals surface area contributed by atoms with E-state index >= 15 is 0 Å². The van der Waals surface area contributed by atoms with Crippen LogP contribution in [-0.2, 0) is 9.47 Å². The minimum atomic E-state index is -0.868. The Morgan fingerprint density at radius 2 is 1.89 bits per heavy atom. The molecule has 3 nitrogen and oxygen atoms in total. The maximum atomic E-state index is 13.3. The van der Waals surface area contributed by atoms with Crippen molar-refractivity contribution in [2.24, 2.45) is 0 Å². The molecule has 106 valence electrons. The summed E-state index contributed by atoms with van der Waals surface area (Å²) in [7, 11) is 0. The Labute approximate surface area is 111 Å². The van der Waals surface area contributed by atoms with Crippen molar-refractivity contribution in [1.29, 1.82) is 0 Å². The van der Waals surface area contributed by atoms with E-state index in [1.54, 1.807) is 0 Å². The monoisotopic (exact) mass is 272 g/mol. The van der Waals surface area contributed by atoms with Crippen LogP contribution in [0.4, 0.5) is 8.78 Å². The van der Waals surface area contributed by atoms with E-state index < -0.39 is 17.4 Å². The molecule has 0 aliphatic carbocycles. The predicted molar refractivity (Wildman–Crippen MR) is 67.2 cm³/mol. The SMILES string of the molecule is CCCCOCCOCC(=O)c1ccc(F)cc1F. The molecule has 0 bridgehead atoms. The summed E-state index contributed by atoms with van der Waals surface area (Å²) in [6.45, 7) is 3.17. The van der Waals surface area contributed by atoms with Gasteiger partial charge >= 0.3 is 0 Å². The molecule has 0 fully saturated rings. The summed E-state index contributed by atoms with van der Waals surface area (Å²) in [5.41, 5.74) is -0.159. The molecule has 19 heavy (non-hydrogen) atoms. The van der Waals surface area contributed by atoms with Gasteiger partial charge in [-0.2, -0.15) is 0 Å². The van der Waals surface area contributed by atoms with Crippen molar-refractivity contribution in [1.82, 2.24) is 0 Å². The second kappa shape index (κ2) is 8.72. The maximum Gasteiger partial charge on any atom is 0.191 e. The molecule has 0 amide bonds. The Kier molecular flexibility index (Phi) is 7.22. The normalized spacial score (nSPS) is 10.7. The first kappa shape index (κ1) is 15.7. The fraction of sp³-hybridized carbons (Fsp3) is 0.500. The van der Waals surface area contributed by atoms with Crippen molar-refractivity contribution >= 4 is 5.78 Å². The Morgan fingerprint density at radius 3 is 2.58 bits per heavy atom. The first-order chi connectivity index (χ1) is 9.15. The number of carbonyl (C=O) groups excluding carboxylic acids is 1. The maximum absolute atomic E-state index is 13.3. The third-order valence-corrected chi connectivity index (χ3v) is 2.48. The van der Waals surface area contributed by atoms with Crippen LogP contribution in [-0.4, -0.2) is 32.2 Å². The highest BCUT2D eigenvalue weighted by Gasteiger charge is 2.12. The largest absolute Gasteiger partial charge is 0.379 e. The molecule has 0 unspecified atom stereocenters. The van der Waals surface area contributed by atoms with Gasteiger partial charge in [-0.25, -0.2) is 8.78 Å². The van der Waals surface area contributed by atoms with Crippen molar-refractivity contribution in [3.63, 3.8) is 0 Å². The molecule has 0 spiro atoms. The van der Waals surface area contributed by atoms with Crippen LogP contribution in [0.1, 0.15) is 30.1 Å². The van der Waals surface area contributed by atoms with E-state index in [1.807, 2.05) is 0 Å². The topological polar surface area (TPSA) is 35.5 Å². The first-order valence-corrected chi connectivity index (χ1v) is 6.29. The van der Waals surface area contributed by atoms with Crippen LogP contribution >= 0.6 is 0 Å². The van der Waals surface area contributed by atoms with Crippen molar-refractivity contribution in [2.75, 3.05) is 26.4 Å². The lowest BCUT2D eigenvalue weighted by molar-refractivity contribution is 0.0431. The molecule has 0 N–H and O–H groups in total. The number of hydrogen-bond donors (Lipinski definition) is 0. The minimum absolute atomic E-state index is 0.159. The molecule has 5 heteroatoms. The molecule has 0 aromatic heterocycles. The summed E-state index contributed by atoms with van der Waals surface area (Å²) < 4.78 is 36.3. The number of unbranched alkanes of at least 4 members (excludes halogenated alkanes) is 1. The molecule has 0 saturated heterocycles.